The number of benzene rings is 1. The lowest BCUT2D eigenvalue weighted by Gasteiger charge is -2.23. The van der Waals surface area contributed by atoms with Gasteiger partial charge in [0, 0.05) is 0 Å². The summed E-state index contributed by atoms with van der Waals surface area (Å²) in [5.74, 6) is -5.90. The van der Waals surface area contributed by atoms with Gasteiger partial charge in [-0.1, -0.05) is 12.1 Å². The van der Waals surface area contributed by atoms with Gasteiger partial charge in [0.25, 0.3) is 5.91 Å². The minimum Gasteiger partial charge on any atom is -0.469 e. The first-order chi connectivity index (χ1) is 11.8. The van der Waals surface area contributed by atoms with E-state index in [4.69, 9.17) is 0 Å². The molecule has 1 amide bonds. The molecule has 0 aromatic heterocycles. The third-order valence-electron chi connectivity index (χ3n) is 3.38. The van der Waals surface area contributed by atoms with Gasteiger partial charge in [0.05, 0.1) is 39.2 Å². The quantitative estimate of drug-likeness (QED) is 0.559. The Labute approximate surface area is 143 Å². The maximum absolute atomic E-state index is 13.7. The van der Waals surface area contributed by atoms with Crippen LogP contribution in [0.3, 0.4) is 0 Å². The Kier molecular flexibility index (Phi) is 7.51. The standard InChI is InChI=1S/C16H18FNO7/c1-23-12(19)8-10(15(21)24-2)13(16(22)25-3)18-14(20)9-6-4-5-7-11(9)17/h4-7,10,13H,8H2,1-3H3,(H,18,20)/t10-,13+/m0/s1. The van der Waals surface area contributed by atoms with Crippen molar-refractivity contribution in [2.45, 2.75) is 12.5 Å². The van der Waals surface area contributed by atoms with E-state index in [0.717, 1.165) is 27.4 Å². The van der Waals surface area contributed by atoms with Crippen LogP contribution in [0.5, 0.6) is 0 Å². The fourth-order valence-electron chi connectivity index (χ4n) is 2.07. The van der Waals surface area contributed by atoms with Gasteiger partial charge in [-0.3, -0.25) is 14.4 Å². The maximum Gasteiger partial charge on any atom is 0.329 e. The molecule has 0 spiro atoms. The molecule has 1 aromatic rings. The monoisotopic (exact) mass is 355 g/mol. The van der Waals surface area contributed by atoms with Crippen LogP contribution in [0, 0.1) is 11.7 Å². The highest BCUT2D eigenvalue weighted by Crippen LogP contribution is 2.16. The SMILES string of the molecule is COC(=O)C[C@H](C(=O)OC)[C@@H](NC(=O)c1ccccc1F)C(=O)OC. The summed E-state index contributed by atoms with van der Waals surface area (Å²) in [5, 5.41) is 2.21. The van der Waals surface area contributed by atoms with E-state index in [0.29, 0.717) is 0 Å². The molecule has 0 unspecified atom stereocenters. The van der Waals surface area contributed by atoms with Gasteiger partial charge in [0.1, 0.15) is 11.9 Å². The molecule has 0 aliphatic carbocycles. The van der Waals surface area contributed by atoms with E-state index < -0.39 is 48.0 Å². The van der Waals surface area contributed by atoms with E-state index in [1.54, 1.807) is 0 Å². The Morgan fingerprint density at radius 2 is 1.60 bits per heavy atom. The number of carbonyl (C=O) groups excluding carboxylic acids is 4. The molecule has 1 aromatic carbocycles. The van der Waals surface area contributed by atoms with E-state index in [9.17, 15) is 23.6 Å². The molecule has 0 aliphatic heterocycles. The maximum atomic E-state index is 13.7. The number of halogens is 1. The summed E-state index contributed by atoms with van der Waals surface area (Å²) in [5.41, 5.74) is -0.335. The largest absolute Gasteiger partial charge is 0.469 e. The number of hydrogen-bond donors (Lipinski definition) is 1. The van der Waals surface area contributed by atoms with Crippen molar-refractivity contribution in [2.24, 2.45) is 5.92 Å². The smallest absolute Gasteiger partial charge is 0.329 e. The van der Waals surface area contributed by atoms with Crippen LogP contribution >= 0.6 is 0 Å². The minimum atomic E-state index is -1.57. The lowest BCUT2D eigenvalue weighted by Crippen LogP contribution is -2.50. The highest BCUT2D eigenvalue weighted by atomic mass is 19.1. The Hall–Kier alpha value is -2.97. The predicted octanol–water partition coefficient (Wildman–Crippen LogP) is 0.449. The first-order valence-electron chi connectivity index (χ1n) is 7.13. The molecule has 1 rings (SSSR count). The Balaban J connectivity index is 3.14. The number of rotatable bonds is 7. The van der Waals surface area contributed by atoms with Gasteiger partial charge in [0.2, 0.25) is 0 Å². The zero-order valence-corrected chi connectivity index (χ0v) is 13.9. The molecular weight excluding hydrogens is 337 g/mol. The van der Waals surface area contributed by atoms with E-state index in [2.05, 4.69) is 19.5 Å². The lowest BCUT2D eigenvalue weighted by atomic mass is 9.95. The van der Waals surface area contributed by atoms with Crippen LogP contribution in [0.2, 0.25) is 0 Å². The number of esters is 3. The van der Waals surface area contributed by atoms with Gasteiger partial charge in [-0.05, 0) is 12.1 Å². The molecule has 0 aliphatic rings. The van der Waals surface area contributed by atoms with E-state index in [-0.39, 0.29) is 5.56 Å². The number of ether oxygens (including phenoxy) is 3. The second-order valence-corrected chi connectivity index (χ2v) is 4.86. The molecule has 1 N–H and O–H groups in total. The second-order valence-electron chi connectivity index (χ2n) is 4.86. The second kappa shape index (κ2) is 9.36. The van der Waals surface area contributed by atoms with Crippen LogP contribution < -0.4 is 5.32 Å². The summed E-state index contributed by atoms with van der Waals surface area (Å²) in [7, 11) is 3.19. The number of methoxy groups -OCH3 is 3. The van der Waals surface area contributed by atoms with E-state index in [1.807, 2.05) is 0 Å². The first-order valence-corrected chi connectivity index (χ1v) is 7.13. The van der Waals surface area contributed by atoms with Crippen molar-refractivity contribution in [1.29, 1.82) is 0 Å². The molecule has 2 atom stereocenters. The third kappa shape index (κ3) is 5.27. The van der Waals surface area contributed by atoms with Gasteiger partial charge in [-0.15, -0.1) is 0 Å². The average molecular weight is 355 g/mol. The normalized spacial score (nSPS) is 12.5. The molecule has 0 fully saturated rings. The van der Waals surface area contributed by atoms with Gasteiger partial charge >= 0.3 is 17.9 Å². The molecule has 0 heterocycles. The van der Waals surface area contributed by atoms with Crippen molar-refractivity contribution in [3.8, 4) is 0 Å². The Morgan fingerprint density at radius 1 is 1.00 bits per heavy atom. The molecule has 136 valence electrons. The highest BCUT2D eigenvalue weighted by molar-refractivity contribution is 5.98. The molecule has 0 saturated carbocycles. The summed E-state index contributed by atoms with van der Waals surface area (Å²) in [4.78, 5) is 47.7. The number of carbonyl (C=O) groups is 4. The Bertz CT molecular complexity index is 662. The molecule has 0 radical (unpaired) electrons. The van der Waals surface area contributed by atoms with Crippen LogP contribution in [0.1, 0.15) is 16.8 Å². The van der Waals surface area contributed by atoms with Crippen LogP contribution in [0.4, 0.5) is 4.39 Å². The molecule has 8 nitrogen and oxygen atoms in total. The predicted molar refractivity (Wildman–Crippen MR) is 81.8 cm³/mol. The van der Waals surface area contributed by atoms with Crippen LogP contribution in [0.25, 0.3) is 0 Å². The van der Waals surface area contributed by atoms with Gasteiger partial charge < -0.3 is 19.5 Å². The van der Waals surface area contributed by atoms with Gasteiger partial charge in [0.15, 0.2) is 0 Å². The molecular formula is C16H18FNO7. The van der Waals surface area contributed by atoms with Crippen molar-refractivity contribution in [3.05, 3.63) is 35.6 Å². The molecule has 9 heteroatoms. The molecule has 0 bridgehead atoms. The summed E-state index contributed by atoms with van der Waals surface area (Å²) < 4.78 is 27.3. The van der Waals surface area contributed by atoms with Crippen molar-refractivity contribution < 1.29 is 37.8 Å². The van der Waals surface area contributed by atoms with Gasteiger partial charge in [-0.25, -0.2) is 9.18 Å². The summed E-state index contributed by atoms with van der Waals surface area (Å²) in [6.07, 6.45) is -0.541. The van der Waals surface area contributed by atoms with E-state index >= 15 is 0 Å². The first kappa shape index (κ1) is 20.1. The van der Waals surface area contributed by atoms with Crippen molar-refractivity contribution in [2.75, 3.05) is 21.3 Å². The summed E-state index contributed by atoms with van der Waals surface area (Å²) >= 11 is 0. The number of nitrogens with one attached hydrogen (secondary N) is 1. The van der Waals surface area contributed by atoms with Gasteiger partial charge in [-0.2, -0.15) is 0 Å². The van der Waals surface area contributed by atoms with Crippen molar-refractivity contribution >= 4 is 23.8 Å². The van der Waals surface area contributed by atoms with Crippen LogP contribution in [0.15, 0.2) is 24.3 Å². The molecule has 0 saturated heterocycles. The van der Waals surface area contributed by atoms with Crippen LogP contribution in [-0.2, 0) is 28.6 Å². The van der Waals surface area contributed by atoms with Crippen molar-refractivity contribution in [3.63, 3.8) is 0 Å². The van der Waals surface area contributed by atoms with Crippen LogP contribution in [-0.4, -0.2) is 51.2 Å². The highest BCUT2D eigenvalue weighted by Gasteiger charge is 2.39. The molecule has 25 heavy (non-hydrogen) atoms. The lowest BCUT2D eigenvalue weighted by molar-refractivity contribution is -0.158. The fraction of sp³-hybridized carbons (Fsp3) is 0.375. The minimum absolute atomic E-state index is 0.335. The van der Waals surface area contributed by atoms with Crippen molar-refractivity contribution in [1.82, 2.24) is 5.32 Å². The zero-order valence-electron chi connectivity index (χ0n) is 13.9. The fourth-order valence-corrected chi connectivity index (χ4v) is 2.07. The zero-order chi connectivity index (χ0) is 19.0. The number of amides is 1. The Morgan fingerprint density at radius 3 is 2.12 bits per heavy atom. The summed E-state index contributed by atoms with van der Waals surface area (Å²) in [6, 6.07) is 3.51. The average Bonchev–Trinajstić information content (AvgIpc) is 2.63. The summed E-state index contributed by atoms with van der Waals surface area (Å²) in [6.45, 7) is 0. The topological polar surface area (TPSA) is 108 Å². The van der Waals surface area contributed by atoms with E-state index in [1.165, 1.54) is 18.2 Å². The number of hydrogen-bond acceptors (Lipinski definition) is 7. The third-order valence-corrected chi connectivity index (χ3v) is 3.38.